The molecule has 2 aromatic heterocycles. The molecular formula is C51H52FN7O7. The Bertz CT molecular complexity index is 2860. The second kappa shape index (κ2) is 17.3. The number of nitrogens with one attached hydrogen (secondary N) is 4. The van der Waals surface area contributed by atoms with Crippen molar-refractivity contribution in [1.82, 2.24) is 35.4 Å². The van der Waals surface area contributed by atoms with Gasteiger partial charge in [0.1, 0.15) is 24.5 Å². The van der Waals surface area contributed by atoms with Gasteiger partial charge in [-0.1, -0.05) is 68.4 Å². The van der Waals surface area contributed by atoms with Crippen LogP contribution >= 0.6 is 0 Å². The summed E-state index contributed by atoms with van der Waals surface area (Å²) in [4.78, 5) is 68.2. The average molecular weight is 894 g/mol. The molecule has 4 aliphatic rings. The third-order valence-electron chi connectivity index (χ3n) is 13.9. The summed E-state index contributed by atoms with van der Waals surface area (Å²) in [6.45, 7) is 4.49. The Hall–Kier alpha value is -7.16. The van der Waals surface area contributed by atoms with Crippen LogP contribution in [-0.4, -0.2) is 81.6 Å². The fraction of sp³-hybridized carbons (Fsp3) is 0.353. The maximum absolute atomic E-state index is 16.5. The zero-order chi connectivity index (χ0) is 45.8. The SMILES string of the molecule is COC(=O)NC(C(=O)N1CCC[C@H]1c1cc(-c2ccc3c(c2F)OCc2cc(-c4ccc5nc([C@@H]6[C@H]7CC[C@H](C7)N6C(=O)[C@H](NC(=O)OC)c6ccccc6)[nH]c5c4)ccc2-3)c[nH]1)C(C)C. The number of aromatic amines is 2. The van der Waals surface area contributed by atoms with E-state index >= 15 is 4.39 Å². The molecule has 1 unspecified atom stereocenters. The number of imidazole rings is 1. The van der Waals surface area contributed by atoms with Crippen LogP contribution in [0.15, 0.2) is 91.1 Å². The summed E-state index contributed by atoms with van der Waals surface area (Å²) in [5.41, 5.74) is 8.55. The minimum absolute atomic E-state index is 0.0424. The number of hydrogen-bond donors (Lipinski definition) is 4. The predicted octanol–water partition coefficient (Wildman–Crippen LogP) is 9.12. The fourth-order valence-corrected chi connectivity index (χ4v) is 10.7. The highest BCUT2D eigenvalue weighted by atomic mass is 19.1. The first-order chi connectivity index (χ1) is 32.0. The summed E-state index contributed by atoms with van der Waals surface area (Å²) < 4.78 is 32.3. The molecule has 0 radical (unpaired) electrons. The number of likely N-dealkylation sites (tertiary alicyclic amines) is 2. The summed E-state index contributed by atoms with van der Waals surface area (Å²) in [6.07, 6.45) is 4.72. The minimum Gasteiger partial charge on any atom is -0.485 e. The molecule has 66 heavy (non-hydrogen) atoms. The van der Waals surface area contributed by atoms with Gasteiger partial charge in [-0.25, -0.2) is 19.0 Å². The lowest BCUT2D eigenvalue weighted by Gasteiger charge is -2.36. The molecule has 15 heteroatoms. The molecule has 5 heterocycles. The molecule has 6 aromatic rings. The summed E-state index contributed by atoms with van der Waals surface area (Å²) in [5, 5.41) is 5.46. The number of carbonyl (C=O) groups excluding carboxylic acids is 4. The maximum Gasteiger partial charge on any atom is 0.407 e. The number of rotatable bonds is 10. The standard InChI is InChI=1S/C51H52FN7O7/c1-27(2)43(56-50(62)64-3)48(60)58-20-8-11-41(58)40-24-32(25-53-40)36-17-18-37-35-16-13-29(21-33(35)26-66-46(37)42(36)52)30-14-19-38-39(23-30)55-47(54-38)45-31-12-15-34(22-31)59(45)49(61)44(57-51(63)65-4)28-9-6-5-7-10-28/h5-7,9-10,13-14,16-19,21,23-25,27,31,34,41,43-45,53H,8,11-12,15,20,22,26H2,1-4H3,(H,54,55)(H,56,62)(H,57,63)/t31-,34+,41-,43?,44+,45-/m0/s1. The van der Waals surface area contributed by atoms with Crippen LogP contribution in [-0.2, 0) is 25.7 Å². The largest absolute Gasteiger partial charge is 0.485 e. The topological polar surface area (TPSA) is 171 Å². The van der Waals surface area contributed by atoms with E-state index in [1.807, 2.05) is 85.5 Å². The molecule has 340 valence electrons. The van der Waals surface area contributed by atoms with E-state index in [-0.39, 0.29) is 54.1 Å². The smallest absolute Gasteiger partial charge is 0.407 e. The number of H-pyrrole nitrogens is 2. The van der Waals surface area contributed by atoms with Crippen molar-refractivity contribution in [2.75, 3.05) is 20.8 Å². The molecule has 2 saturated heterocycles. The van der Waals surface area contributed by atoms with Crippen molar-refractivity contribution in [3.8, 4) is 39.1 Å². The van der Waals surface area contributed by atoms with Crippen LogP contribution in [0, 0.1) is 17.7 Å². The van der Waals surface area contributed by atoms with E-state index in [9.17, 15) is 19.2 Å². The Balaban J connectivity index is 0.878. The van der Waals surface area contributed by atoms with E-state index in [4.69, 9.17) is 19.2 Å². The van der Waals surface area contributed by atoms with Crippen molar-refractivity contribution in [2.24, 2.45) is 11.8 Å². The number of alkyl carbamates (subject to hydrolysis) is 2. The van der Waals surface area contributed by atoms with Crippen LogP contribution in [0.5, 0.6) is 5.75 Å². The number of nitrogens with zero attached hydrogens (tertiary/aromatic N) is 3. The van der Waals surface area contributed by atoms with Gasteiger partial charge >= 0.3 is 12.2 Å². The number of amides is 4. The lowest BCUT2D eigenvalue weighted by molar-refractivity contribution is -0.138. The van der Waals surface area contributed by atoms with E-state index < -0.39 is 30.1 Å². The Morgan fingerprint density at radius 3 is 2.36 bits per heavy atom. The van der Waals surface area contributed by atoms with Gasteiger partial charge in [-0.05, 0) is 102 Å². The summed E-state index contributed by atoms with van der Waals surface area (Å²) >= 11 is 0. The highest BCUT2D eigenvalue weighted by Crippen LogP contribution is 2.51. The van der Waals surface area contributed by atoms with E-state index in [0.717, 1.165) is 76.9 Å². The summed E-state index contributed by atoms with van der Waals surface area (Å²) in [6, 6.07) is 24.9. The van der Waals surface area contributed by atoms with Gasteiger partial charge in [0.05, 0.1) is 37.3 Å². The van der Waals surface area contributed by atoms with Gasteiger partial charge in [0.2, 0.25) is 5.91 Å². The fourth-order valence-electron chi connectivity index (χ4n) is 10.7. The Morgan fingerprint density at radius 1 is 0.833 bits per heavy atom. The van der Waals surface area contributed by atoms with Crippen molar-refractivity contribution in [2.45, 2.75) is 82.8 Å². The average Bonchev–Trinajstić information content (AvgIpc) is 4.21. The molecule has 3 fully saturated rings. The molecule has 2 bridgehead atoms. The van der Waals surface area contributed by atoms with Gasteiger partial charge in [-0.2, -0.15) is 0 Å². The lowest BCUT2D eigenvalue weighted by Crippen LogP contribution is -2.51. The lowest BCUT2D eigenvalue weighted by atomic mass is 9.91. The van der Waals surface area contributed by atoms with Crippen LogP contribution < -0.4 is 15.4 Å². The van der Waals surface area contributed by atoms with Crippen molar-refractivity contribution in [3.63, 3.8) is 0 Å². The molecule has 3 aliphatic heterocycles. The molecule has 14 nitrogen and oxygen atoms in total. The normalized spacial score (nSPS) is 20.4. The second-order valence-corrected chi connectivity index (χ2v) is 18.1. The quantitative estimate of drug-likeness (QED) is 0.106. The van der Waals surface area contributed by atoms with Crippen LogP contribution in [0.1, 0.15) is 86.7 Å². The molecule has 4 N–H and O–H groups in total. The van der Waals surface area contributed by atoms with Crippen molar-refractivity contribution < 1.29 is 37.8 Å². The van der Waals surface area contributed by atoms with E-state index in [2.05, 4.69) is 32.7 Å². The van der Waals surface area contributed by atoms with Gasteiger partial charge < -0.3 is 44.6 Å². The van der Waals surface area contributed by atoms with Gasteiger partial charge in [0.25, 0.3) is 5.91 Å². The third kappa shape index (κ3) is 7.59. The first-order valence-electron chi connectivity index (χ1n) is 22.6. The first-order valence-corrected chi connectivity index (χ1v) is 22.6. The van der Waals surface area contributed by atoms with Gasteiger partial charge in [-0.15, -0.1) is 0 Å². The molecule has 10 rings (SSSR count). The summed E-state index contributed by atoms with van der Waals surface area (Å²) in [5.74, 6) is 0.174. The summed E-state index contributed by atoms with van der Waals surface area (Å²) in [7, 11) is 2.56. The van der Waals surface area contributed by atoms with Crippen molar-refractivity contribution in [3.05, 3.63) is 120 Å². The molecule has 6 atom stereocenters. The van der Waals surface area contributed by atoms with Crippen molar-refractivity contribution >= 4 is 35.0 Å². The zero-order valence-corrected chi connectivity index (χ0v) is 37.2. The highest BCUT2D eigenvalue weighted by Gasteiger charge is 2.51. The number of piperidine rings is 1. The van der Waals surface area contributed by atoms with Crippen LogP contribution in [0.25, 0.3) is 44.4 Å². The first kappa shape index (κ1) is 42.8. The maximum atomic E-state index is 16.5. The van der Waals surface area contributed by atoms with Crippen molar-refractivity contribution in [1.29, 1.82) is 0 Å². The van der Waals surface area contributed by atoms with Crippen LogP contribution in [0.3, 0.4) is 0 Å². The molecule has 4 aromatic carbocycles. The number of carbonyl (C=O) groups is 4. The van der Waals surface area contributed by atoms with Gasteiger partial charge in [-0.3, -0.25) is 9.59 Å². The Morgan fingerprint density at radius 2 is 1.58 bits per heavy atom. The second-order valence-electron chi connectivity index (χ2n) is 18.1. The number of fused-ring (bicyclic) bond motifs is 6. The van der Waals surface area contributed by atoms with E-state index in [1.54, 1.807) is 17.2 Å². The molecule has 1 aliphatic carbocycles. The van der Waals surface area contributed by atoms with Gasteiger partial charge in [0, 0.05) is 41.2 Å². The van der Waals surface area contributed by atoms with Gasteiger partial charge in [0.15, 0.2) is 11.6 Å². The molecule has 4 amide bonds. The third-order valence-corrected chi connectivity index (χ3v) is 13.9. The number of halogens is 1. The monoisotopic (exact) mass is 893 g/mol. The molecule has 1 saturated carbocycles. The highest BCUT2D eigenvalue weighted by molar-refractivity contribution is 5.89. The number of ether oxygens (including phenoxy) is 3. The van der Waals surface area contributed by atoms with Crippen LogP contribution in [0.4, 0.5) is 14.0 Å². The molecular weight excluding hydrogens is 842 g/mol. The number of aromatic nitrogens is 3. The number of hydrogen-bond acceptors (Lipinski definition) is 8. The van der Waals surface area contributed by atoms with E-state index in [0.29, 0.717) is 28.8 Å². The molecule has 0 spiro atoms. The van der Waals surface area contributed by atoms with E-state index in [1.165, 1.54) is 14.2 Å². The zero-order valence-electron chi connectivity index (χ0n) is 37.2. The Kier molecular flexibility index (Phi) is 11.2. The number of benzene rings is 4. The van der Waals surface area contributed by atoms with Crippen LogP contribution in [0.2, 0.25) is 0 Å². The Labute approximate surface area is 381 Å². The number of methoxy groups -OCH3 is 2. The predicted molar refractivity (Wildman–Crippen MR) is 244 cm³/mol. The minimum atomic E-state index is -0.904.